The molecule has 1 aromatic heterocycles. The molecule has 0 N–H and O–H groups in total. The van der Waals surface area contributed by atoms with Gasteiger partial charge in [-0.2, -0.15) is 0 Å². The van der Waals surface area contributed by atoms with Crippen LogP contribution in [-0.4, -0.2) is 0 Å². The van der Waals surface area contributed by atoms with Gasteiger partial charge in [-0.3, -0.25) is 4.79 Å². The van der Waals surface area contributed by atoms with Crippen LogP contribution in [-0.2, 0) is 5.75 Å². The Morgan fingerprint density at radius 3 is 2.62 bits per heavy atom. The van der Waals surface area contributed by atoms with Gasteiger partial charge in [0.15, 0.2) is 5.43 Å². The van der Waals surface area contributed by atoms with Crippen molar-refractivity contribution in [3.63, 3.8) is 0 Å². The predicted octanol–water partition coefficient (Wildman–Crippen LogP) is 4.27. The highest BCUT2D eigenvalue weighted by Gasteiger charge is 2.11. The molecule has 0 fully saturated rings. The van der Waals surface area contributed by atoms with Crippen LogP contribution in [0.1, 0.15) is 5.56 Å². The van der Waals surface area contributed by atoms with Gasteiger partial charge in [0.05, 0.1) is 4.70 Å². The first-order chi connectivity index (χ1) is 10.1. The van der Waals surface area contributed by atoms with Crippen molar-refractivity contribution >= 4 is 49.4 Å². The molecule has 0 bridgehead atoms. The number of benzene rings is 1. The largest absolute Gasteiger partial charge is 0.361 e. The van der Waals surface area contributed by atoms with E-state index in [1.54, 1.807) is 17.8 Å². The van der Waals surface area contributed by atoms with Crippen molar-refractivity contribution in [3.8, 4) is 0 Å². The van der Waals surface area contributed by atoms with Gasteiger partial charge in [-0.05, 0) is 29.8 Å². The molecule has 6 heteroatoms. The van der Waals surface area contributed by atoms with E-state index in [1.807, 2.05) is 30.3 Å². The lowest BCUT2D eigenvalue weighted by atomic mass is 10.2. The number of rotatable bonds is 3. The molecule has 1 heterocycles. The molecule has 21 heavy (non-hydrogen) atoms. The van der Waals surface area contributed by atoms with Crippen molar-refractivity contribution in [2.24, 2.45) is 0 Å². The van der Waals surface area contributed by atoms with E-state index in [0.29, 0.717) is 4.70 Å². The van der Waals surface area contributed by atoms with Crippen LogP contribution in [0.25, 0.3) is 10.1 Å². The van der Waals surface area contributed by atoms with Gasteiger partial charge >= 0.3 is 5.63 Å². The molecule has 0 amide bonds. The number of halogens is 1. The van der Waals surface area contributed by atoms with E-state index in [9.17, 15) is 9.59 Å². The van der Waals surface area contributed by atoms with Crippen LogP contribution in [0.15, 0.2) is 65.3 Å². The standard InChI is InChI=1S/C15H9BrO3S2/c16-10-6-4-9(5-7-10)8-20-12-3-1-2-11(17)13-14(12)21-19-15(13)18/h1-7H,8H2. The van der Waals surface area contributed by atoms with Crippen LogP contribution in [0.3, 0.4) is 0 Å². The summed E-state index contributed by atoms with van der Waals surface area (Å²) in [6, 6.07) is 13.0. The van der Waals surface area contributed by atoms with Crippen LogP contribution in [0.2, 0.25) is 0 Å². The van der Waals surface area contributed by atoms with Crippen LogP contribution in [0, 0.1) is 0 Å². The molecule has 0 spiro atoms. The van der Waals surface area contributed by atoms with Gasteiger partial charge in [-0.1, -0.05) is 34.1 Å². The Balaban J connectivity index is 1.98. The maximum atomic E-state index is 11.9. The van der Waals surface area contributed by atoms with Crippen LogP contribution < -0.4 is 11.1 Å². The minimum absolute atomic E-state index is 0.142. The molecule has 0 aliphatic rings. The summed E-state index contributed by atoms with van der Waals surface area (Å²) >= 11 is 5.96. The third-order valence-corrected chi connectivity index (χ3v) is 5.52. The Morgan fingerprint density at radius 1 is 1.10 bits per heavy atom. The monoisotopic (exact) mass is 380 g/mol. The van der Waals surface area contributed by atoms with Gasteiger partial charge in [-0.15, -0.1) is 11.8 Å². The zero-order chi connectivity index (χ0) is 14.8. The molecule has 3 aromatic rings. The lowest BCUT2D eigenvalue weighted by Crippen LogP contribution is -2.04. The Morgan fingerprint density at radius 2 is 1.86 bits per heavy atom. The molecule has 2 aromatic carbocycles. The van der Waals surface area contributed by atoms with Gasteiger partial charge in [0.25, 0.3) is 0 Å². The van der Waals surface area contributed by atoms with Crippen molar-refractivity contribution in [3.05, 3.63) is 73.1 Å². The summed E-state index contributed by atoms with van der Waals surface area (Å²) < 4.78 is 6.57. The second kappa shape index (κ2) is 6.17. The van der Waals surface area contributed by atoms with E-state index in [-0.39, 0.29) is 10.8 Å². The smallest absolute Gasteiger partial charge is 0.360 e. The fourth-order valence-electron chi connectivity index (χ4n) is 1.87. The highest BCUT2D eigenvalue weighted by molar-refractivity contribution is 9.10. The number of thioether (sulfide) groups is 1. The topological polar surface area (TPSA) is 47.3 Å². The Kier molecular flexibility index (Phi) is 4.28. The Bertz CT molecular complexity index is 897. The fraction of sp³-hybridized carbons (Fsp3) is 0.0667. The molecule has 3 nitrogen and oxygen atoms in total. The Labute approximate surface area is 137 Å². The van der Waals surface area contributed by atoms with Crippen molar-refractivity contribution in [1.82, 2.24) is 0 Å². The van der Waals surface area contributed by atoms with E-state index in [0.717, 1.165) is 26.8 Å². The molecule has 0 saturated heterocycles. The average molecular weight is 381 g/mol. The summed E-state index contributed by atoms with van der Waals surface area (Å²) in [4.78, 5) is 24.4. The number of hydrogen-bond donors (Lipinski definition) is 0. The van der Waals surface area contributed by atoms with E-state index >= 15 is 0 Å². The molecular weight excluding hydrogens is 372 g/mol. The predicted molar refractivity (Wildman–Crippen MR) is 90.3 cm³/mol. The maximum absolute atomic E-state index is 11.9. The van der Waals surface area contributed by atoms with E-state index in [4.69, 9.17) is 3.85 Å². The molecule has 3 rings (SSSR count). The Hall–Kier alpha value is -1.37. The van der Waals surface area contributed by atoms with Crippen LogP contribution >= 0.6 is 39.3 Å². The molecule has 0 aliphatic carbocycles. The van der Waals surface area contributed by atoms with Crippen molar-refractivity contribution < 1.29 is 3.85 Å². The molecule has 0 radical (unpaired) electrons. The lowest BCUT2D eigenvalue weighted by Gasteiger charge is -2.01. The summed E-state index contributed by atoms with van der Waals surface area (Å²) in [5, 5.41) is 0.142. The van der Waals surface area contributed by atoms with Gasteiger partial charge in [0.2, 0.25) is 0 Å². The SMILES string of the molecule is O=c1cccc(SCc2ccc(Br)cc2)c2soc(=O)c12. The summed E-state index contributed by atoms with van der Waals surface area (Å²) in [5.74, 6) is 0.757. The zero-order valence-electron chi connectivity index (χ0n) is 10.7. The van der Waals surface area contributed by atoms with Crippen LogP contribution in [0.5, 0.6) is 0 Å². The van der Waals surface area contributed by atoms with E-state index in [1.165, 1.54) is 11.6 Å². The molecule has 0 unspecified atom stereocenters. The highest BCUT2D eigenvalue weighted by Crippen LogP contribution is 2.30. The fourth-order valence-corrected chi connectivity index (χ4v) is 4.00. The van der Waals surface area contributed by atoms with E-state index in [2.05, 4.69) is 15.9 Å². The normalized spacial score (nSPS) is 10.9. The first-order valence-electron chi connectivity index (χ1n) is 6.08. The molecular formula is C15H9BrO3S2. The molecule has 106 valence electrons. The summed E-state index contributed by atoms with van der Waals surface area (Å²) in [7, 11) is 0. The van der Waals surface area contributed by atoms with Crippen molar-refractivity contribution in [1.29, 1.82) is 0 Å². The molecule has 0 atom stereocenters. The maximum Gasteiger partial charge on any atom is 0.360 e. The quantitative estimate of drug-likeness (QED) is 0.636. The second-order valence-corrected chi connectivity index (χ2v) is 7.00. The first-order valence-corrected chi connectivity index (χ1v) is 8.60. The third kappa shape index (κ3) is 3.12. The number of hydrogen-bond acceptors (Lipinski definition) is 5. The lowest BCUT2D eigenvalue weighted by molar-refractivity contribution is 0.650. The average Bonchev–Trinajstić information content (AvgIpc) is 2.77. The third-order valence-electron chi connectivity index (χ3n) is 2.90. The summed E-state index contributed by atoms with van der Waals surface area (Å²) in [6.45, 7) is 0. The minimum Gasteiger partial charge on any atom is -0.361 e. The highest BCUT2D eigenvalue weighted by atomic mass is 79.9. The van der Waals surface area contributed by atoms with Crippen molar-refractivity contribution in [2.45, 2.75) is 10.6 Å². The minimum atomic E-state index is -0.554. The number of fused-ring (bicyclic) bond motifs is 1. The molecule has 0 saturated carbocycles. The van der Waals surface area contributed by atoms with E-state index < -0.39 is 5.63 Å². The first kappa shape index (κ1) is 14.6. The van der Waals surface area contributed by atoms with Gasteiger partial charge in [0, 0.05) is 26.8 Å². The second-order valence-electron chi connectivity index (χ2n) is 4.33. The van der Waals surface area contributed by atoms with Gasteiger partial charge in [-0.25, -0.2) is 4.79 Å². The van der Waals surface area contributed by atoms with Gasteiger partial charge in [0.1, 0.15) is 5.39 Å². The summed E-state index contributed by atoms with van der Waals surface area (Å²) in [6.07, 6.45) is 0. The molecule has 0 aliphatic heterocycles. The summed E-state index contributed by atoms with van der Waals surface area (Å²) in [5.41, 5.74) is 0.318. The van der Waals surface area contributed by atoms with Gasteiger partial charge < -0.3 is 3.85 Å². The van der Waals surface area contributed by atoms with Crippen molar-refractivity contribution in [2.75, 3.05) is 0 Å². The zero-order valence-corrected chi connectivity index (χ0v) is 13.9. The van der Waals surface area contributed by atoms with Crippen LogP contribution in [0.4, 0.5) is 0 Å².